The maximum atomic E-state index is 8.84. The predicted molar refractivity (Wildman–Crippen MR) is 52.1 cm³/mol. The van der Waals surface area contributed by atoms with Crippen molar-refractivity contribution in [3.63, 3.8) is 0 Å². The zero-order valence-corrected chi connectivity index (χ0v) is 8.13. The summed E-state index contributed by atoms with van der Waals surface area (Å²) in [5.74, 6) is 0.462. The third kappa shape index (κ3) is 1.97. The molecule has 13 heavy (non-hydrogen) atoms. The number of anilines is 1. The first-order chi connectivity index (χ1) is 5.95. The summed E-state index contributed by atoms with van der Waals surface area (Å²) in [4.78, 5) is 3.88. The molecule has 0 aliphatic heterocycles. The van der Waals surface area contributed by atoms with Crippen LogP contribution in [-0.4, -0.2) is 4.98 Å². The average Bonchev–Trinajstić information content (AvgIpc) is 2.03. The van der Waals surface area contributed by atoms with Gasteiger partial charge in [0, 0.05) is 6.20 Å². The van der Waals surface area contributed by atoms with E-state index in [0.29, 0.717) is 11.4 Å². The normalized spacial score (nSPS) is 10.9. The van der Waals surface area contributed by atoms with Crippen LogP contribution in [0.5, 0.6) is 0 Å². The lowest BCUT2D eigenvalue weighted by Crippen LogP contribution is -2.14. The predicted octanol–water partition coefficient (Wildman–Crippen LogP) is 1.83. The lowest BCUT2D eigenvalue weighted by atomic mass is 9.85. The Kier molecular flexibility index (Phi) is 2.24. The first-order valence-electron chi connectivity index (χ1n) is 4.11. The molecule has 1 heterocycles. The molecule has 0 aromatic carbocycles. The number of hydrogen-bond donors (Lipinski definition) is 1. The summed E-state index contributed by atoms with van der Waals surface area (Å²) in [5.41, 5.74) is 7.04. The quantitative estimate of drug-likeness (QED) is 0.654. The van der Waals surface area contributed by atoms with Gasteiger partial charge in [-0.1, -0.05) is 20.8 Å². The minimum atomic E-state index is -0.0673. The number of nitrogens with zero attached hydrogens (tertiary/aromatic N) is 2. The van der Waals surface area contributed by atoms with E-state index in [0.717, 1.165) is 5.56 Å². The molecular formula is C10H13N3. The fourth-order valence-electron chi connectivity index (χ4n) is 1.18. The highest BCUT2D eigenvalue weighted by molar-refractivity contribution is 5.46. The van der Waals surface area contributed by atoms with Crippen molar-refractivity contribution in [2.45, 2.75) is 26.2 Å². The monoisotopic (exact) mass is 175 g/mol. The second-order valence-corrected chi connectivity index (χ2v) is 4.02. The van der Waals surface area contributed by atoms with Crippen LogP contribution < -0.4 is 5.73 Å². The number of nitriles is 1. The molecule has 0 fully saturated rings. The first-order valence-corrected chi connectivity index (χ1v) is 4.11. The largest absolute Gasteiger partial charge is 0.384 e. The Balaban J connectivity index is 3.35. The minimum Gasteiger partial charge on any atom is -0.384 e. The van der Waals surface area contributed by atoms with E-state index >= 15 is 0 Å². The summed E-state index contributed by atoms with van der Waals surface area (Å²) in [7, 11) is 0. The van der Waals surface area contributed by atoms with E-state index in [1.807, 2.05) is 20.8 Å². The highest BCUT2D eigenvalue weighted by Gasteiger charge is 2.18. The molecule has 1 aromatic heterocycles. The van der Waals surface area contributed by atoms with Gasteiger partial charge in [-0.2, -0.15) is 5.26 Å². The van der Waals surface area contributed by atoms with E-state index in [2.05, 4.69) is 11.1 Å². The Morgan fingerprint density at radius 3 is 2.54 bits per heavy atom. The smallest absolute Gasteiger partial charge is 0.123 e. The maximum Gasteiger partial charge on any atom is 0.123 e. The third-order valence-corrected chi connectivity index (χ3v) is 1.85. The number of rotatable bonds is 0. The lowest BCUT2D eigenvalue weighted by molar-refractivity contribution is 0.588. The zero-order valence-electron chi connectivity index (χ0n) is 8.13. The van der Waals surface area contributed by atoms with Crippen LogP contribution in [0, 0.1) is 11.3 Å². The first kappa shape index (κ1) is 9.53. The second kappa shape index (κ2) is 3.06. The molecule has 0 atom stereocenters. The molecule has 68 valence electrons. The van der Waals surface area contributed by atoms with Crippen molar-refractivity contribution in [1.82, 2.24) is 4.98 Å². The van der Waals surface area contributed by atoms with Crippen molar-refractivity contribution in [2.75, 3.05) is 5.73 Å². The van der Waals surface area contributed by atoms with Crippen LogP contribution in [0.1, 0.15) is 31.9 Å². The highest BCUT2D eigenvalue weighted by Crippen LogP contribution is 2.25. The van der Waals surface area contributed by atoms with Gasteiger partial charge in [0.25, 0.3) is 0 Å². The summed E-state index contributed by atoms with van der Waals surface area (Å²) < 4.78 is 0. The standard InChI is InChI=1S/C10H13N3/c1-10(2,3)8-4-9(12)13-6-7(8)5-11/h4,6H,1-3H3,(H2,12,13). The van der Waals surface area contributed by atoms with Gasteiger partial charge >= 0.3 is 0 Å². The van der Waals surface area contributed by atoms with Gasteiger partial charge in [-0.25, -0.2) is 4.98 Å². The summed E-state index contributed by atoms with van der Waals surface area (Å²) in [5, 5.41) is 8.84. The van der Waals surface area contributed by atoms with Crippen molar-refractivity contribution >= 4 is 5.82 Å². The molecule has 3 nitrogen and oxygen atoms in total. The van der Waals surface area contributed by atoms with Crippen molar-refractivity contribution in [2.24, 2.45) is 0 Å². The third-order valence-electron chi connectivity index (χ3n) is 1.85. The van der Waals surface area contributed by atoms with Gasteiger partial charge in [0.1, 0.15) is 11.9 Å². The van der Waals surface area contributed by atoms with Gasteiger partial charge < -0.3 is 5.73 Å². The molecule has 0 aliphatic rings. The fraction of sp³-hybridized carbons (Fsp3) is 0.400. The van der Waals surface area contributed by atoms with Crippen molar-refractivity contribution < 1.29 is 0 Å². The van der Waals surface area contributed by atoms with Crippen molar-refractivity contribution in [3.8, 4) is 6.07 Å². The molecule has 0 radical (unpaired) electrons. The van der Waals surface area contributed by atoms with E-state index in [1.165, 1.54) is 6.20 Å². The Labute approximate surface area is 78.2 Å². The molecule has 3 heteroatoms. The van der Waals surface area contributed by atoms with E-state index in [4.69, 9.17) is 11.0 Å². The minimum absolute atomic E-state index is 0.0673. The van der Waals surface area contributed by atoms with Gasteiger partial charge in [0.15, 0.2) is 0 Å². The van der Waals surface area contributed by atoms with Crippen molar-refractivity contribution in [3.05, 3.63) is 23.4 Å². The van der Waals surface area contributed by atoms with Crippen LogP contribution in [0.15, 0.2) is 12.3 Å². The van der Waals surface area contributed by atoms with Gasteiger partial charge in [-0.15, -0.1) is 0 Å². The van der Waals surface area contributed by atoms with Gasteiger partial charge in [-0.3, -0.25) is 0 Å². The number of pyridine rings is 1. The second-order valence-electron chi connectivity index (χ2n) is 4.02. The zero-order chi connectivity index (χ0) is 10.1. The van der Waals surface area contributed by atoms with Crippen LogP contribution in [0.2, 0.25) is 0 Å². The number of hydrogen-bond acceptors (Lipinski definition) is 3. The summed E-state index contributed by atoms with van der Waals surface area (Å²) in [6.45, 7) is 6.13. The lowest BCUT2D eigenvalue weighted by Gasteiger charge is -2.20. The van der Waals surface area contributed by atoms with E-state index in [1.54, 1.807) is 6.07 Å². The Bertz CT molecular complexity index is 355. The Hall–Kier alpha value is -1.56. The molecule has 1 rings (SSSR count). The average molecular weight is 175 g/mol. The number of nitrogen functional groups attached to an aromatic ring is 1. The number of nitrogens with two attached hydrogens (primary N) is 1. The van der Waals surface area contributed by atoms with E-state index < -0.39 is 0 Å². The fourth-order valence-corrected chi connectivity index (χ4v) is 1.18. The molecule has 1 aromatic rings. The molecule has 0 amide bonds. The molecule has 0 spiro atoms. The van der Waals surface area contributed by atoms with E-state index in [9.17, 15) is 0 Å². The Morgan fingerprint density at radius 2 is 2.08 bits per heavy atom. The van der Waals surface area contributed by atoms with Gasteiger partial charge in [0.05, 0.1) is 5.56 Å². The molecular weight excluding hydrogens is 162 g/mol. The summed E-state index contributed by atoms with van der Waals surface area (Å²) in [6.07, 6.45) is 1.52. The maximum absolute atomic E-state index is 8.84. The van der Waals surface area contributed by atoms with Crippen molar-refractivity contribution in [1.29, 1.82) is 5.26 Å². The van der Waals surface area contributed by atoms with Gasteiger partial charge in [-0.05, 0) is 17.0 Å². The molecule has 0 unspecified atom stereocenters. The topological polar surface area (TPSA) is 62.7 Å². The van der Waals surface area contributed by atoms with Crippen LogP contribution in [0.25, 0.3) is 0 Å². The number of aromatic nitrogens is 1. The molecule has 0 saturated heterocycles. The van der Waals surface area contributed by atoms with Crippen LogP contribution in [-0.2, 0) is 5.41 Å². The van der Waals surface area contributed by atoms with Crippen LogP contribution >= 0.6 is 0 Å². The highest BCUT2D eigenvalue weighted by atomic mass is 14.8. The summed E-state index contributed by atoms with van der Waals surface area (Å²) >= 11 is 0. The SMILES string of the molecule is CC(C)(C)c1cc(N)ncc1C#N. The molecule has 0 aliphatic carbocycles. The summed E-state index contributed by atoms with van der Waals surface area (Å²) in [6, 6.07) is 3.87. The van der Waals surface area contributed by atoms with E-state index in [-0.39, 0.29) is 5.41 Å². The van der Waals surface area contributed by atoms with Crippen LogP contribution in [0.4, 0.5) is 5.82 Å². The van der Waals surface area contributed by atoms with Crippen LogP contribution in [0.3, 0.4) is 0 Å². The molecule has 2 N–H and O–H groups in total. The Morgan fingerprint density at radius 1 is 1.46 bits per heavy atom. The van der Waals surface area contributed by atoms with Gasteiger partial charge in [0.2, 0.25) is 0 Å². The molecule has 0 bridgehead atoms. The molecule has 0 saturated carbocycles.